The summed E-state index contributed by atoms with van der Waals surface area (Å²) in [5, 5.41) is 13.3. The average Bonchev–Trinajstić information content (AvgIpc) is 3.37. The predicted molar refractivity (Wildman–Crippen MR) is 167 cm³/mol. The van der Waals surface area contributed by atoms with Crippen molar-refractivity contribution in [3.8, 4) is 22.3 Å². The molecule has 5 aromatic rings. The summed E-state index contributed by atoms with van der Waals surface area (Å²) in [6.07, 6.45) is 7.01. The van der Waals surface area contributed by atoms with Crippen LogP contribution in [0.3, 0.4) is 0 Å². The number of aryl methyl sites for hydroxylation is 1. The van der Waals surface area contributed by atoms with E-state index in [9.17, 15) is 4.39 Å². The SMILES string of the molecule is CC(C)Nc1cncc(-c2cnc(N)c(C(=N)c3cc4c(-c5cc(F)cc(CCCN(C)C)c5)cccc4[nH]3)c2)c1. The van der Waals surface area contributed by atoms with Crippen molar-refractivity contribution < 1.29 is 4.39 Å². The predicted octanol–water partition coefficient (Wildman–Crippen LogP) is 6.74. The zero-order chi connectivity index (χ0) is 29.1. The first kappa shape index (κ1) is 28.0. The van der Waals surface area contributed by atoms with Gasteiger partial charge in [0.2, 0.25) is 0 Å². The number of benzene rings is 2. The smallest absolute Gasteiger partial charge is 0.132 e. The van der Waals surface area contributed by atoms with E-state index in [1.165, 1.54) is 0 Å². The topological polar surface area (TPSA) is 107 Å². The first-order chi connectivity index (χ1) is 19.7. The molecule has 8 heteroatoms. The fraction of sp³-hybridized carbons (Fsp3) is 0.242. The molecular weight excluding hydrogens is 513 g/mol. The number of H-pyrrole nitrogens is 1. The number of hydrogen-bond acceptors (Lipinski definition) is 6. The van der Waals surface area contributed by atoms with Crippen LogP contribution in [0.4, 0.5) is 15.9 Å². The highest BCUT2D eigenvalue weighted by molar-refractivity contribution is 6.15. The van der Waals surface area contributed by atoms with Crippen molar-refractivity contribution >= 4 is 28.1 Å². The molecule has 0 aliphatic rings. The second-order valence-electron chi connectivity index (χ2n) is 11.0. The normalized spacial score (nSPS) is 11.5. The van der Waals surface area contributed by atoms with Gasteiger partial charge < -0.3 is 20.9 Å². The Morgan fingerprint density at radius 3 is 2.61 bits per heavy atom. The van der Waals surface area contributed by atoms with Gasteiger partial charge in [0, 0.05) is 52.2 Å². The van der Waals surface area contributed by atoms with E-state index < -0.39 is 0 Å². The number of halogens is 1. The fourth-order valence-corrected chi connectivity index (χ4v) is 5.08. The van der Waals surface area contributed by atoms with Crippen molar-refractivity contribution in [2.45, 2.75) is 32.7 Å². The largest absolute Gasteiger partial charge is 0.383 e. The van der Waals surface area contributed by atoms with Crippen LogP contribution in [-0.2, 0) is 6.42 Å². The number of anilines is 2. The molecule has 0 saturated carbocycles. The van der Waals surface area contributed by atoms with E-state index in [4.69, 9.17) is 11.1 Å². The monoisotopic (exact) mass is 549 g/mol. The number of nitrogen functional groups attached to an aromatic ring is 1. The van der Waals surface area contributed by atoms with Gasteiger partial charge in [-0.3, -0.25) is 10.4 Å². The molecule has 3 aromatic heterocycles. The Kier molecular flexibility index (Phi) is 8.12. The maximum atomic E-state index is 14.7. The number of pyridine rings is 2. The van der Waals surface area contributed by atoms with Crippen LogP contribution in [-0.4, -0.2) is 52.2 Å². The summed E-state index contributed by atoms with van der Waals surface area (Å²) in [6.45, 7) is 5.09. The zero-order valence-electron chi connectivity index (χ0n) is 23.9. The summed E-state index contributed by atoms with van der Waals surface area (Å²) < 4.78 is 14.7. The molecule has 41 heavy (non-hydrogen) atoms. The molecule has 0 spiro atoms. The van der Waals surface area contributed by atoms with Gasteiger partial charge in [0.05, 0.1) is 17.1 Å². The van der Waals surface area contributed by atoms with Gasteiger partial charge >= 0.3 is 0 Å². The first-order valence-electron chi connectivity index (χ1n) is 13.8. The maximum Gasteiger partial charge on any atom is 0.132 e. The molecule has 0 atom stereocenters. The highest BCUT2D eigenvalue weighted by atomic mass is 19.1. The lowest BCUT2D eigenvalue weighted by Gasteiger charge is -2.12. The van der Waals surface area contributed by atoms with Gasteiger partial charge in [0.15, 0.2) is 0 Å². The van der Waals surface area contributed by atoms with Crippen LogP contribution < -0.4 is 11.1 Å². The third-order valence-electron chi connectivity index (χ3n) is 6.99. The number of hydrogen-bond donors (Lipinski definition) is 4. The number of rotatable bonds is 10. The summed E-state index contributed by atoms with van der Waals surface area (Å²) in [5.74, 6) is 0.0234. The van der Waals surface area contributed by atoms with Crippen molar-refractivity contribution in [2.24, 2.45) is 0 Å². The molecule has 7 nitrogen and oxygen atoms in total. The molecule has 2 aromatic carbocycles. The standard InChI is InChI=1S/C33H36FN7/c1-20(2)39-26-14-23(17-37-19-26)24-15-29(33(36)38-18-24)32(35)31-16-28-27(8-5-9-30(28)40-31)22-11-21(12-25(34)13-22)7-6-10-41(3)4/h5,8-9,11-20,35,39-40H,6-7,10H2,1-4H3,(H2,36,38). The lowest BCUT2D eigenvalue weighted by atomic mass is 9.97. The van der Waals surface area contributed by atoms with Gasteiger partial charge in [-0.15, -0.1) is 0 Å². The molecule has 0 saturated heterocycles. The highest BCUT2D eigenvalue weighted by Crippen LogP contribution is 2.32. The molecule has 5 N–H and O–H groups in total. The number of aromatic nitrogens is 3. The summed E-state index contributed by atoms with van der Waals surface area (Å²) in [4.78, 5) is 14.3. The molecule has 0 amide bonds. The van der Waals surface area contributed by atoms with E-state index >= 15 is 0 Å². The van der Waals surface area contributed by atoms with E-state index in [1.807, 2.05) is 50.5 Å². The summed E-state index contributed by atoms with van der Waals surface area (Å²) in [6, 6.07) is 17.2. The van der Waals surface area contributed by atoms with E-state index in [0.29, 0.717) is 11.3 Å². The maximum absolute atomic E-state index is 14.7. The summed E-state index contributed by atoms with van der Waals surface area (Å²) in [7, 11) is 4.08. The van der Waals surface area contributed by atoms with Crippen molar-refractivity contribution in [3.05, 3.63) is 95.8 Å². The number of nitrogens with one attached hydrogen (secondary N) is 3. The third kappa shape index (κ3) is 6.44. The molecule has 5 rings (SSSR count). The van der Waals surface area contributed by atoms with Crippen molar-refractivity contribution in [1.82, 2.24) is 19.9 Å². The minimum Gasteiger partial charge on any atom is -0.383 e. The van der Waals surface area contributed by atoms with Crippen LogP contribution in [0.5, 0.6) is 0 Å². The van der Waals surface area contributed by atoms with Crippen LogP contribution >= 0.6 is 0 Å². The number of fused-ring (bicyclic) bond motifs is 1. The molecule has 0 fully saturated rings. The highest BCUT2D eigenvalue weighted by Gasteiger charge is 2.16. The Labute approximate surface area is 240 Å². The number of nitrogens with zero attached hydrogens (tertiary/aromatic N) is 3. The van der Waals surface area contributed by atoms with E-state index in [2.05, 4.69) is 45.1 Å². The Balaban J connectivity index is 1.48. The van der Waals surface area contributed by atoms with Gasteiger partial charge in [0.25, 0.3) is 0 Å². The molecule has 0 aliphatic carbocycles. The minimum absolute atomic E-state index is 0.229. The average molecular weight is 550 g/mol. The second-order valence-corrected chi connectivity index (χ2v) is 11.0. The van der Waals surface area contributed by atoms with Crippen LogP contribution in [0.2, 0.25) is 0 Å². The Hall–Kier alpha value is -4.56. The van der Waals surface area contributed by atoms with Gasteiger partial charge in [-0.25, -0.2) is 9.37 Å². The van der Waals surface area contributed by atoms with Gasteiger partial charge in [-0.1, -0.05) is 18.2 Å². The van der Waals surface area contributed by atoms with Crippen molar-refractivity contribution in [1.29, 1.82) is 5.41 Å². The van der Waals surface area contributed by atoms with Gasteiger partial charge in [0.1, 0.15) is 11.6 Å². The van der Waals surface area contributed by atoms with E-state index in [0.717, 1.165) is 63.8 Å². The Morgan fingerprint density at radius 2 is 1.83 bits per heavy atom. The fourth-order valence-electron chi connectivity index (χ4n) is 5.08. The van der Waals surface area contributed by atoms with Crippen LogP contribution in [0.1, 0.15) is 37.1 Å². The second kappa shape index (κ2) is 11.9. The van der Waals surface area contributed by atoms with Gasteiger partial charge in [-0.05, 0) is 100 Å². The number of nitrogens with two attached hydrogens (primary N) is 1. The summed E-state index contributed by atoms with van der Waals surface area (Å²) in [5.41, 5.74) is 13.8. The number of aromatic amines is 1. The van der Waals surface area contributed by atoms with Crippen LogP contribution in [0, 0.1) is 11.2 Å². The lowest BCUT2D eigenvalue weighted by Crippen LogP contribution is -2.13. The molecule has 0 aliphatic heterocycles. The third-order valence-corrected chi connectivity index (χ3v) is 6.99. The molecule has 0 bridgehead atoms. The molecule has 0 unspecified atom stereocenters. The first-order valence-corrected chi connectivity index (χ1v) is 13.8. The molecule has 210 valence electrons. The molecule has 3 heterocycles. The van der Waals surface area contributed by atoms with Crippen LogP contribution in [0.25, 0.3) is 33.2 Å². The van der Waals surface area contributed by atoms with Crippen molar-refractivity contribution in [3.63, 3.8) is 0 Å². The molecular formula is C33H36FN7. The van der Waals surface area contributed by atoms with Gasteiger partial charge in [-0.2, -0.15) is 0 Å². The quantitative estimate of drug-likeness (QED) is 0.144. The Morgan fingerprint density at radius 1 is 1.02 bits per heavy atom. The van der Waals surface area contributed by atoms with Crippen molar-refractivity contribution in [2.75, 3.05) is 31.7 Å². The van der Waals surface area contributed by atoms with E-state index in [-0.39, 0.29) is 23.4 Å². The minimum atomic E-state index is -0.249. The lowest BCUT2D eigenvalue weighted by molar-refractivity contribution is 0.400. The van der Waals surface area contributed by atoms with Crippen LogP contribution in [0.15, 0.2) is 73.2 Å². The molecule has 0 radical (unpaired) electrons. The van der Waals surface area contributed by atoms with E-state index in [1.54, 1.807) is 30.7 Å². The zero-order valence-corrected chi connectivity index (χ0v) is 23.9. The Bertz CT molecular complexity index is 1700. The summed E-state index contributed by atoms with van der Waals surface area (Å²) >= 11 is 0.